The van der Waals surface area contributed by atoms with Gasteiger partial charge in [-0.05, 0) is 102 Å². The second-order valence-corrected chi connectivity index (χ2v) is 14.7. The zero-order valence-electron chi connectivity index (χ0n) is 26.2. The van der Waals surface area contributed by atoms with E-state index in [-0.39, 0.29) is 30.0 Å². The number of halogens is 1. The Hall–Kier alpha value is -2.47. The molecule has 5 rings (SSSR count). The van der Waals surface area contributed by atoms with Gasteiger partial charge in [0.25, 0.3) is 5.91 Å². The van der Waals surface area contributed by atoms with Gasteiger partial charge in [-0.1, -0.05) is 12.1 Å². The topological polar surface area (TPSA) is 95.9 Å². The Bertz CT molecular complexity index is 1420. The highest BCUT2D eigenvalue weighted by molar-refractivity contribution is 7.88. The van der Waals surface area contributed by atoms with E-state index in [1.807, 2.05) is 30.9 Å². The highest BCUT2D eigenvalue weighted by Gasteiger charge is 2.34. The normalized spacial score (nSPS) is 22.9. The number of hydrogen-bond acceptors (Lipinski definition) is 7. The minimum atomic E-state index is -3.18. The zero-order valence-corrected chi connectivity index (χ0v) is 27.0. The minimum Gasteiger partial charge on any atom is -0.370 e. The standard InChI is InChI=1S/C32H46FN5O4S/c1-21-20-24(6-9-28(21)33)30-11-8-27(42-30)7-10-29-22(2)31(35-23(3)34-29)32(39)38-18-14-26(15-19-38)37-16-12-25(13-17-37)36(4)43(5,40)41/h6,9,20,25-27,30H,7-8,10-19H2,1-5H3/t27-,30+/m0/s1. The fraction of sp³-hybridized carbons (Fsp3) is 0.656. The zero-order chi connectivity index (χ0) is 30.9. The van der Waals surface area contributed by atoms with Crippen molar-refractivity contribution in [2.75, 3.05) is 39.5 Å². The number of aryl methyl sites for hydroxylation is 3. The van der Waals surface area contributed by atoms with Crippen molar-refractivity contribution >= 4 is 15.9 Å². The first kappa shape index (κ1) is 31.9. The molecule has 1 aromatic heterocycles. The van der Waals surface area contributed by atoms with Crippen molar-refractivity contribution in [3.8, 4) is 0 Å². The van der Waals surface area contributed by atoms with Gasteiger partial charge in [-0.25, -0.2) is 27.1 Å². The quantitative estimate of drug-likeness (QED) is 0.436. The van der Waals surface area contributed by atoms with Crippen molar-refractivity contribution in [2.45, 2.75) is 96.4 Å². The molecule has 0 saturated carbocycles. The Labute approximate surface area is 255 Å². The van der Waals surface area contributed by atoms with E-state index >= 15 is 0 Å². The molecule has 3 aliphatic heterocycles. The number of sulfonamides is 1. The molecule has 1 amide bonds. The summed E-state index contributed by atoms with van der Waals surface area (Å²) in [7, 11) is -1.50. The molecule has 0 radical (unpaired) electrons. The SMILES string of the molecule is Cc1nc(CC[C@H]2CC[C@H](c3ccc(F)c(C)c3)O2)c(C)c(C(=O)N2CCC(N3CCC(N(C)S(C)(=O)=O)CC3)CC2)n1. The van der Waals surface area contributed by atoms with E-state index in [4.69, 9.17) is 9.72 Å². The van der Waals surface area contributed by atoms with E-state index in [1.54, 1.807) is 14.0 Å². The molecular weight excluding hydrogens is 569 g/mol. The number of amides is 1. The van der Waals surface area contributed by atoms with Crippen LogP contribution < -0.4 is 0 Å². The second-order valence-electron chi connectivity index (χ2n) is 12.6. The molecule has 0 spiro atoms. The Kier molecular flexibility index (Phi) is 9.85. The lowest BCUT2D eigenvalue weighted by molar-refractivity contribution is 0.0400. The van der Waals surface area contributed by atoms with Crippen molar-refractivity contribution < 1.29 is 22.3 Å². The Balaban J connectivity index is 1.14. The molecule has 3 fully saturated rings. The van der Waals surface area contributed by atoms with E-state index < -0.39 is 10.0 Å². The molecule has 1 aromatic carbocycles. The van der Waals surface area contributed by atoms with Crippen LogP contribution in [0.1, 0.15) is 89.7 Å². The van der Waals surface area contributed by atoms with Crippen molar-refractivity contribution in [2.24, 2.45) is 0 Å². The average molecular weight is 616 g/mol. The van der Waals surface area contributed by atoms with Crippen LogP contribution in [0.25, 0.3) is 0 Å². The van der Waals surface area contributed by atoms with Crippen molar-refractivity contribution in [1.29, 1.82) is 0 Å². The maximum Gasteiger partial charge on any atom is 0.272 e. The summed E-state index contributed by atoms with van der Waals surface area (Å²) in [6.45, 7) is 8.70. The molecule has 3 saturated heterocycles. The summed E-state index contributed by atoms with van der Waals surface area (Å²) < 4.78 is 45.4. The van der Waals surface area contributed by atoms with E-state index in [1.165, 1.54) is 16.6 Å². The number of carbonyl (C=O) groups excluding carboxylic acids is 1. The van der Waals surface area contributed by atoms with Gasteiger partial charge in [0.1, 0.15) is 17.3 Å². The largest absolute Gasteiger partial charge is 0.370 e. The highest BCUT2D eigenvalue weighted by atomic mass is 32.2. The number of carbonyl (C=O) groups is 1. The summed E-state index contributed by atoms with van der Waals surface area (Å²) >= 11 is 0. The number of aromatic nitrogens is 2. The third-order valence-corrected chi connectivity index (χ3v) is 11.1. The molecule has 4 heterocycles. The van der Waals surface area contributed by atoms with Crippen LogP contribution >= 0.6 is 0 Å². The van der Waals surface area contributed by atoms with Crippen LogP contribution in [0.15, 0.2) is 18.2 Å². The molecule has 43 heavy (non-hydrogen) atoms. The third-order valence-electron chi connectivity index (χ3n) is 9.73. The molecule has 0 unspecified atom stereocenters. The van der Waals surface area contributed by atoms with Gasteiger partial charge in [0.05, 0.1) is 18.5 Å². The Morgan fingerprint density at radius 2 is 1.72 bits per heavy atom. The predicted molar refractivity (Wildman–Crippen MR) is 164 cm³/mol. The van der Waals surface area contributed by atoms with Gasteiger partial charge in [0, 0.05) is 43.5 Å². The van der Waals surface area contributed by atoms with Crippen LogP contribution in [0, 0.1) is 26.6 Å². The van der Waals surface area contributed by atoms with Crippen molar-refractivity contribution in [3.63, 3.8) is 0 Å². The van der Waals surface area contributed by atoms with Gasteiger partial charge in [0.15, 0.2) is 0 Å². The maximum absolute atomic E-state index is 13.7. The maximum atomic E-state index is 13.7. The van der Waals surface area contributed by atoms with E-state index in [2.05, 4.69) is 9.88 Å². The summed E-state index contributed by atoms with van der Waals surface area (Å²) in [5.41, 5.74) is 3.90. The van der Waals surface area contributed by atoms with Crippen LogP contribution in [0.4, 0.5) is 4.39 Å². The number of likely N-dealkylation sites (tertiary alicyclic amines) is 2. The predicted octanol–water partition coefficient (Wildman–Crippen LogP) is 4.35. The minimum absolute atomic E-state index is 0.0159. The van der Waals surface area contributed by atoms with Crippen molar-refractivity contribution in [3.05, 3.63) is 57.9 Å². The number of piperidine rings is 2. The number of ether oxygens (including phenoxy) is 1. The number of benzene rings is 1. The van der Waals surface area contributed by atoms with Crippen LogP contribution in [0.2, 0.25) is 0 Å². The average Bonchev–Trinajstić information content (AvgIpc) is 3.47. The lowest BCUT2D eigenvalue weighted by Crippen LogP contribution is -2.52. The highest BCUT2D eigenvalue weighted by Crippen LogP contribution is 2.35. The fourth-order valence-electron chi connectivity index (χ4n) is 6.94. The first-order valence-electron chi connectivity index (χ1n) is 15.6. The summed E-state index contributed by atoms with van der Waals surface area (Å²) in [5, 5.41) is 0. The van der Waals surface area contributed by atoms with Gasteiger partial charge in [-0.3, -0.25) is 4.79 Å². The fourth-order valence-corrected chi connectivity index (χ4v) is 7.69. The van der Waals surface area contributed by atoms with Gasteiger partial charge in [0.2, 0.25) is 10.0 Å². The summed E-state index contributed by atoms with van der Waals surface area (Å²) in [6, 6.07) is 5.68. The molecular formula is C32H46FN5O4S. The summed E-state index contributed by atoms with van der Waals surface area (Å²) in [4.78, 5) is 27.3. The first-order chi connectivity index (χ1) is 20.4. The molecule has 2 aromatic rings. The lowest BCUT2D eigenvalue weighted by Gasteiger charge is -2.43. The number of nitrogens with zero attached hydrogens (tertiary/aromatic N) is 5. The molecule has 11 heteroatoms. The van der Waals surface area contributed by atoms with Gasteiger partial charge < -0.3 is 14.5 Å². The molecule has 3 aliphatic rings. The molecule has 236 valence electrons. The second kappa shape index (κ2) is 13.3. The molecule has 0 aliphatic carbocycles. The van der Waals surface area contributed by atoms with Crippen LogP contribution in [0.5, 0.6) is 0 Å². The van der Waals surface area contributed by atoms with Gasteiger partial charge >= 0.3 is 0 Å². The molecule has 9 nitrogen and oxygen atoms in total. The monoisotopic (exact) mass is 615 g/mol. The van der Waals surface area contributed by atoms with Crippen molar-refractivity contribution in [1.82, 2.24) is 24.1 Å². The number of hydrogen-bond donors (Lipinski definition) is 0. The molecule has 2 atom stereocenters. The first-order valence-corrected chi connectivity index (χ1v) is 17.5. The smallest absolute Gasteiger partial charge is 0.272 e. The van der Waals surface area contributed by atoms with E-state index in [9.17, 15) is 17.6 Å². The Morgan fingerprint density at radius 3 is 2.37 bits per heavy atom. The summed E-state index contributed by atoms with van der Waals surface area (Å²) in [6.07, 6.45) is 8.21. The lowest BCUT2D eigenvalue weighted by atomic mass is 9.97. The van der Waals surface area contributed by atoms with Crippen LogP contribution in [-0.2, 0) is 21.2 Å². The van der Waals surface area contributed by atoms with E-state index in [0.717, 1.165) is 74.9 Å². The van der Waals surface area contributed by atoms with E-state index in [0.29, 0.717) is 42.6 Å². The third kappa shape index (κ3) is 7.44. The van der Waals surface area contributed by atoms with Gasteiger partial charge in [-0.2, -0.15) is 0 Å². The summed E-state index contributed by atoms with van der Waals surface area (Å²) in [5.74, 6) is 0.382. The molecule has 0 bridgehead atoms. The number of rotatable bonds is 8. The molecule has 0 N–H and O–H groups in total. The van der Waals surface area contributed by atoms with Gasteiger partial charge in [-0.15, -0.1) is 0 Å². The van der Waals surface area contributed by atoms with Crippen LogP contribution in [-0.4, -0.2) is 96.1 Å². The van der Waals surface area contributed by atoms with Crippen LogP contribution in [0.3, 0.4) is 0 Å². The Morgan fingerprint density at radius 1 is 1.02 bits per heavy atom.